The number of amidine groups is 1. The molecule has 0 bridgehead atoms. The molecule has 1 saturated heterocycles. The first-order valence-electron chi connectivity index (χ1n) is 6.90. The molecule has 2 rings (SSSR count). The van der Waals surface area contributed by atoms with E-state index in [1.807, 2.05) is 18.2 Å². The largest absolute Gasteiger partial charge is 0.384 e. The number of para-hydroxylation sites is 1. The quantitative estimate of drug-likeness (QED) is 0.635. The van der Waals surface area contributed by atoms with Crippen LogP contribution in [0, 0.1) is 11.3 Å². The third-order valence-electron chi connectivity index (χ3n) is 3.96. The Morgan fingerprint density at radius 3 is 2.83 bits per heavy atom. The van der Waals surface area contributed by atoms with Crippen LogP contribution in [0.15, 0.2) is 24.3 Å². The molecule has 0 radical (unpaired) electrons. The van der Waals surface area contributed by atoms with Crippen molar-refractivity contribution in [1.82, 2.24) is 0 Å². The molecule has 1 heterocycles. The third-order valence-corrected chi connectivity index (χ3v) is 3.96. The number of nitrogens with zero attached hydrogens (tertiary/aromatic N) is 1. The first kappa shape index (κ1) is 12.9. The molecule has 1 aromatic carbocycles. The minimum atomic E-state index is 0.168. The van der Waals surface area contributed by atoms with Gasteiger partial charge in [-0.2, -0.15) is 0 Å². The molecule has 1 aliphatic heterocycles. The summed E-state index contributed by atoms with van der Waals surface area (Å²) in [5.74, 6) is 1.03. The monoisotopic (exact) mass is 245 g/mol. The van der Waals surface area contributed by atoms with Gasteiger partial charge in [-0.15, -0.1) is 0 Å². The van der Waals surface area contributed by atoms with E-state index in [4.69, 9.17) is 11.1 Å². The van der Waals surface area contributed by atoms with Crippen molar-refractivity contribution >= 4 is 11.5 Å². The molecule has 0 amide bonds. The van der Waals surface area contributed by atoms with Crippen LogP contribution in [0.1, 0.15) is 38.2 Å². The van der Waals surface area contributed by atoms with Gasteiger partial charge in [0.1, 0.15) is 5.84 Å². The molecule has 1 atom stereocenters. The SMILES string of the molecule is CCC1CCCN(c2ccccc2C(=N)N)CC1. The highest BCUT2D eigenvalue weighted by atomic mass is 15.1. The molecule has 0 aromatic heterocycles. The summed E-state index contributed by atoms with van der Waals surface area (Å²) in [6, 6.07) is 8.01. The van der Waals surface area contributed by atoms with E-state index >= 15 is 0 Å². The second kappa shape index (κ2) is 5.89. The lowest BCUT2D eigenvalue weighted by molar-refractivity contribution is 0.459. The van der Waals surface area contributed by atoms with Gasteiger partial charge in [-0.1, -0.05) is 25.5 Å². The van der Waals surface area contributed by atoms with E-state index in [0.29, 0.717) is 0 Å². The van der Waals surface area contributed by atoms with Crippen LogP contribution in [0.25, 0.3) is 0 Å². The fourth-order valence-electron chi connectivity index (χ4n) is 2.79. The molecule has 1 aliphatic rings. The Morgan fingerprint density at radius 2 is 2.11 bits per heavy atom. The van der Waals surface area contributed by atoms with Crippen molar-refractivity contribution in [3.8, 4) is 0 Å². The van der Waals surface area contributed by atoms with Crippen LogP contribution < -0.4 is 10.6 Å². The molecule has 3 heteroatoms. The van der Waals surface area contributed by atoms with Crippen molar-refractivity contribution in [2.75, 3.05) is 18.0 Å². The lowest BCUT2D eigenvalue weighted by atomic mass is 9.98. The molecule has 1 unspecified atom stereocenters. The topological polar surface area (TPSA) is 53.1 Å². The number of anilines is 1. The molecule has 3 nitrogen and oxygen atoms in total. The Bertz CT molecular complexity index is 414. The first-order chi connectivity index (χ1) is 8.72. The summed E-state index contributed by atoms with van der Waals surface area (Å²) in [7, 11) is 0. The van der Waals surface area contributed by atoms with Gasteiger partial charge in [0.15, 0.2) is 0 Å². The van der Waals surface area contributed by atoms with E-state index in [-0.39, 0.29) is 5.84 Å². The van der Waals surface area contributed by atoms with Crippen LogP contribution in [-0.2, 0) is 0 Å². The molecular weight excluding hydrogens is 222 g/mol. The number of nitrogen functional groups attached to an aromatic ring is 1. The highest BCUT2D eigenvalue weighted by molar-refractivity contribution is 6.00. The Hall–Kier alpha value is -1.51. The molecule has 1 aromatic rings. The fraction of sp³-hybridized carbons (Fsp3) is 0.533. The smallest absolute Gasteiger partial charge is 0.124 e. The van der Waals surface area contributed by atoms with Crippen molar-refractivity contribution in [2.45, 2.75) is 32.6 Å². The first-order valence-corrected chi connectivity index (χ1v) is 6.90. The van der Waals surface area contributed by atoms with Crippen molar-refractivity contribution in [1.29, 1.82) is 5.41 Å². The van der Waals surface area contributed by atoms with Crippen molar-refractivity contribution in [3.63, 3.8) is 0 Å². The van der Waals surface area contributed by atoms with Gasteiger partial charge in [0.25, 0.3) is 0 Å². The van der Waals surface area contributed by atoms with Crippen LogP contribution in [-0.4, -0.2) is 18.9 Å². The highest BCUT2D eigenvalue weighted by Crippen LogP contribution is 2.26. The average molecular weight is 245 g/mol. The standard InChI is InChI=1S/C15H23N3/c1-2-12-6-5-10-18(11-9-12)14-8-4-3-7-13(14)15(16)17/h3-4,7-8,12H,2,5-6,9-11H2,1H3,(H3,16,17). The maximum absolute atomic E-state index is 7.68. The van der Waals surface area contributed by atoms with E-state index in [1.54, 1.807) is 0 Å². The lowest BCUT2D eigenvalue weighted by Gasteiger charge is -2.25. The van der Waals surface area contributed by atoms with Gasteiger partial charge < -0.3 is 10.6 Å². The highest BCUT2D eigenvalue weighted by Gasteiger charge is 2.18. The van der Waals surface area contributed by atoms with Crippen molar-refractivity contribution in [2.24, 2.45) is 11.7 Å². The molecule has 1 fully saturated rings. The fourth-order valence-corrected chi connectivity index (χ4v) is 2.79. The predicted molar refractivity (Wildman–Crippen MR) is 77.3 cm³/mol. The Labute approximate surface area is 109 Å². The maximum atomic E-state index is 7.68. The summed E-state index contributed by atoms with van der Waals surface area (Å²) in [6.07, 6.45) is 5.10. The number of rotatable bonds is 3. The van der Waals surface area contributed by atoms with Gasteiger partial charge in [-0.3, -0.25) is 5.41 Å². The summed E-state index contributed by atoms with van der Waals surface area (Å²) < 4.78 is 0. The summed E-state index contributed by atoms with van der Waals surface area (Å²) >= 11 is 0. The summed E-state index contributed by atoms with van der Waals surface area (Å²) in [5, 5.41) is 7.68. The van der Waals surface area contributed by atoms with Gasteiger partial charge in [-0.25, -0.2) is 0 Å². The van der Waals surface area contributed by atoms with E-state index < -0.39 is 0 Å². The number of nitrogens with two attached hydrogens (primary N) is 1. The van der Waals surface area contributed by atoms with E-state index in [9.17, 15) is 0 Å². The van der Waals surface area contributed by atoms with Gasteiger partial charge >= 0.3 is 0 Å². The minimum Gasteiger partial charge on any atom is -0.384 e. The molecule has 0 spiro atoms. The number of hydrogen-bond acceptors (Lipinski definition) is 2. The molecular formula is C15H23N3. The molecule has 18 heavy (non-hydrogen) atoms. The summed E-state index contributed by atoms with van der Waals surface area (Å²) in [4.78, 5) is 2.40. The molecule has 98 valence electrons. The Kier molecular flexibility index (Phi) is 4.24. The second-order valence-corrected chi connectivity index (χ2v) is 5.12. The second-order valence-electron chi connectivity index (χ2n) is 5.12. The van der Waals surface area contributed by atoms with Crippen molar-refractivity contribution in [3.05, 3.63) is 29.8 Å². The molecule has 3 N–H and O–H groups in total. The maximum Gasteiger partial charge on any atom is 0.124 e. The van der Waals surface area contributed by atoms with Crippen LogP contribution in [0.2, 0.25) is 0 Å². The predicted octanol–water partition coefficient (Wildman–Crippen LogP) is 2.99. The number of benzene rings is 1. The van der Waals surface area contributed by atoms with E-state index in [2.05, 4.69) is 17.9 Å². The van der Waals surface area contributed by atoms with Crippen LogP contribution in [0.5, 0.6) is 0 Å². The summed E-state index contributed by atoms with van der Waals surface area (Å²) in [5.41, 5.74) is 7.67. The number of nitrogens with one attached hydrogen (secondary N) is 1. The summed E-state index contributed by atoms with van der Waals surface area (Å²) in [6.45, 7) is 4.45. The zero-order valence-corrected chi connectivity index (χ0v) is 11.2. The lowest BCUT2D eigenvalue weighted by Crippen LogP contribution is -2.27. The Morgan fingerprint density at radius 1 is 1.33 bits per heavy atom. The molecule has 0 aliphatic carbocycles. The van der Waals surface area contributed by atoms with E-state index in [1.165, 1.54) is 25.7 Å². The van der Waals surface area contributed by atoms with E-state index in [0.717, 1.165) is 30.3 Å². The Balaban J connectivity index is 2.18. The van der Waals surface area contributed by atoms with Gasteiger partial charge in [0.05, 0.1) is 0 Å². The zero-order valence-electron chi connectivity index (χ0n) is 11.2. The van der Waals surface area contributed by atoms with Gasteiger partial charge in [0.2, 0.25) is 0 Å². The van der Waals surface area contributed by atoms with Crippen LogP contribution in [0.3, 0.4) is 0 Å². The number of hydrogen-bond donors (Lipinski definition) is 2. The van der Waals surface area contributed by atoms with Crippen LogP contribution in [0.4, 0.5) is 5.69 Å². The van der Waals surface area contributed by atoms with Gasteiger partial charge in [-0.05, 0) is 37.3 Å². The van der Waals surface area contributed by atoms with Gasteiger partial charge in [0, 0.05) is 24.3 Å². The average Bonchev–Trinajstić information content (AvgIpc) is 2.63. The normalized spacial score (nSPS) is 20.5. The minimum absolute atomic E-state index is 0.168. The third kappa shape index (κ3) is 2.84. The van der Waals surface area contributed by atoms with Crippen molar-refractivity contribution < 1.29 is 0 Å². The zero-order chi connectivity index (χ0) is 13.0. The molecule has 0 saturated carbocycles. The van der Waals surface area contributed by atoms with Crippen LogP contribution >= 0.6 is 0 Å².